The quantitative estimate of drug-likeness (QED) is 0.554. The third kappa shape index (κ3) is 4.74. The number of aliphatic hydroxyl groups excluding tert-OH is 1. The lowest BCUT2D eigenvalue weighted by atomic mass is 10.5. The first-order valence-electron chi connectivity index (χ1n) is 5.58. The molecule has 1 rings (SSSR count). The van der Waals surface area contributed by atoms with Crippen LogP contribution in [0.4, 0.5) is 11.9 Å². The van der Waals surface area contributed by atoms with Crippen molar-refractivity contribution in [2.75, 3.05) is 43.2 Å². The van der Waals surface area contributed by atoms with E-state index in [1.807, 2.05) is 25.9 Å². The molecule has 0 saturated heterocycles. The number of hydrogen-bond donors (Lipinski definition) is 2. The van der Waals surface area contributed by atoms with E-state index in [2.05, 4.69) is 20.3 Å². The Morgan fingerprint density at radius 1 is 1.29 bits per heavy atom. The third-order valence-corrected chi connectivity index (χ3v) is 2.81. The summed E-state index contributed by atoms with van der Waals surface area (Å²) in [5.41, 5.74) is 0. The van der Waals surface area contributed by atoms with Crippen molar-refractivity contribution in [2.45, 2.75) is 18.5 Å². The Hall–Kier alpha value is -1.08. The Morgan fingerprint density at radius 2 is 2.06 bits per heavy atom. The first kappa shape index (κ1) is 14.0. The molecule has 2 N–H and O–H groups in total. The summed E-state index contributed by atoms with van der Waals surface area (Å²) in [6.07, 6.45) is 0.740. The standard InChI is InChI=1S/C10H19N5OS/c1-4-11-8-12-9(15(2)3)14-10(13-8)17-7-5-6-16/h16H,4-7H2,1-3H3,(H,11,12,13,14). The average molecular weight is 257 g/mol. The lowest BCUT2D eigenvalue weighted by molar-refractivity contribution is 0.296. The van der Waals surface area contributed by atoms with Crippen molar-refractivity contribution in [3.8, 4) is 0 Å². The molecule has 0 fully saturated rings. The molecule has 0 atom stereocenters. The Bertz CT molecular complexity index is 347. The Balaban J connectivity index is 2.79. The molecule has 0 aliphatic heterocycles. The molecule has 96 valence electrons. The monoisotopic (exact) mass is 257 g/mol. The number of thioether (sulfide) groups is 1. The van der Waals surface area contributed by atoms with E-state index in [9.17, 15) is 0 Å². The minimum Gasteiger partial charge on any atom is -0.396 e. The molecule has 0 unspecified atom stereocenters. The van der Waals surface area contributed by atoms with Crippen molar-refractivity contribution in [2.24, 2.45) is 0 Å². The molecule has 0 radical (unpaired) electrons. The highest BCUT2D eigenvalue weighted by Gasteiger charge is 2.07. The number of nitrogens with one attached hydrogen (secondary N) is 1. The van der Waals surface area contributed by atoms with Gasteiger partial charge in [-0.1, -0.05) is 11.8 Å². The molecular weight excluding hydrogens is 238 g/mol. The molecule has 7 heteroatoms. The smallest absolute Gasteiger partial charge is 0.230 e. The van der Waals surface area contributed by atoms with Crippen molar-refractivity contribution >= 4 is 23.7 Å². The van der Waals surface area contributed by atoms with Crippen molar-refractivity contribution in [1.82, 2.24) is 15.0 Å². The number of hydrogen-bond acceptors (Lipinski definition) is 7. The number of rotatable bonds is 7. The summed E-state index contributed by atoms with van der Waals surface area (Å²) in [6, 6.07) is 0. The zero-order valence-corrected chi connectivity index (χ0v) is 11.3. The van der Waals surface area contributed by atoms with Crippen molar-refractivity contribution in [3.05, 3.63) is 0 Å². The van der Waals surface area contributed by atoms with E-state index in [4.69, 9.17) is 5.11 Å². The first-order valence-corrected chi connectivity index (χ1v) is 6.56. The molecule has 0 bridgehead atoms. The fourth-order valence-electron chi connectivity index (χ4n) is 1.08. The summed E-state index contributed by atoms with van der Waals surface area (Å²) < 4.78 is 0. The Labute approximate surface area is 106 Å². The maximum absolute atomic E-state index is 8.74. The summed E-state index contributed by atoms with van der Waals surface area (Å²) >= 11 is 1.53. The number of aromatic nitrogens is 3. The zero-order valence-electron chi connectivity index (χ0n) is 10.5. The highest BCUT2D eigenvalue weighted by Crippen LogP contribution is 2.18. The van der Waals surface area contributed by atoms with Crippen LogP contribution in [0.2, 0.25) is 0 Å². The first-order chi connectivity index (χ1) is 8.17. The Kier molecular flexibility index (Phi) is 5.99. The SMILES string of the molecule is CCNc1nc(SCCCO)nc(N(C)C)n1. The molecule has 1 heterocycles. The van der Waals surface area contributed by atoms with Crippen LogP contribution in [0.25, 0.3) is 0 Å². The summed E-state index contributed by atoms with van der Waals surface area (Å²) in [4.78, 5) is 14.8. The summed E-state index contributed by atoms with van der Waals surface area (Å²) in [5.74, 6) is 2.04. The van der Waals surface area contributed by atoms with Gasteiger partial charge in [0, 0.05) is 33.0 Å². The summed E-state index contributed by atoms with van der Waals surface area (Å²) in [5, 5.41) is 12.5. The van der Waals surface area contributed by atoms with Crippen LogP contribution in [0.15, 0.2) is 5.16 Å². The predicted molar refractivity (Wildman–Crippen MR) is 70.7 cm³/mol. The number of anilines is 2. The molecule has 1 aromatic rings. The average Bonchev–Trinajstić information content (AvgIpc) is 2.29. The molecule has 0 aliphatic carbocycles. The van der Waals surface area contributed by atoms with Gasteiger partial charge in [-0.15, -0.1) is 0 Å². The second-order valence-electron chi connectivity index (χ2n) is 3.59. The van der Waals surface area contributed by atoms with Crippen LogP contribution in [0.5, 0.6) is 0 Å². The minimum absolute atomic E-state index is 0.193. The van der Waals surface area contributed by atoms with Gasteiger partial charge < -0.3 is 15.3 Å². The van der Waals surface area contributed by atoms with Gasteiger partial charge in [0.15, 0.2) is 5.16 Å². The highest BCUT2D eigenvalue weighted by atomic mass is 32.2. The molecule has 0 amide bonds. The number of aliphatic hydroxyl groups is 1. The maximum atomic E-state index is 8.74. The summed E-state index contributed by atoms with van der Waals surface area (Å²) in [7, 11) is 3.79. The van der Waals surface area contributed by atoms with Crippen LogP contribution in [0.1, 0.15) is 13.3 Å². The van der Waals surface area contributed by atoms with Gasteiger partial charge in [0.25, 0.3) is 0 Å². The van der Waals surface area contributed by atoms with Gasteiger partial charge in [0.1, 0.15) is 0 Å². The van der Waals surface area contributed by atoms with E-state index >= 15 is 0 Å². The third-order valence-electron chi connectivity index (χ3n) is 1.87. The van der Waals surface area contributed by atoms with Crippen LogP contribution in [0.3, 0.4) is 0 Å². The van der Waals surface area contributed by atoms with Gasteiger partial charge in [0.2, 0.25) is 11.9 Å². The van der Waals surface area contributed by atoms with Crippen LogP contribution in [-0.2, 0) is 0 Å². The molecule has 0 aromatic carbocycles. The van der Waals surface area contributed by atoms with Gasteiger partial charge in [-0.2, -0.15) is 15.0 Å². The molecule has 0 spiro atoms. The van der Waals surface area contributed by atoms with Crippen LogP contribution >= 0.6 is 11.8 Å². The van der Waals surface area contributed by atoms with Crippen LogP contribution in [-0.4, -0.2) is 53.1 Å². The molecule has 0 saturated carbocycles. The molecule has 6 nitrogen and oxygen atoms in total. The minimum atomic E-state index is 0.193. The van der Waals surface area contributed by atoms with Crippen LogP contribution in [0, 0.1) is 0 Å². The normalized spacial score (nSPS) is 10.4. The molecule has 1 aromatic heterocycles. The van der Waals surface area contributed by atoms with Gasteiger partial charge >= 0.3 is 0 Å². The van der Waals surface area contributed by atoms with E-state index in [0.29, 0.717) is 17.1 Å². The van der Waals surface area contributed by atoms with Crippen molar-refractivity contribution in [1.29, 1.82) is 0 Å². The predicted octanol–water partition coefficient (Wildman–Crippen LogP) is 0.844. The van der Waals surface area contributed by atoms with Gasteiger partial charge in [-0.3, -0.25) is 0 Å². The summed E-state index contributed by atoms with van der Waals surface area (Å²) in [6.45, 7) is 2.97. The van der Waals surface area contributed by atoms with Gasteiger partial charge in [-0.05, 0) is 13.3 Å². The maximum Gasteiger partial charge on any atom is 0.230 e. The largest absolute Gasteiger partial charge is 0.396 e. The second-order valence-corrected chi connectivity index (χ2v) is 4.65. The van der Waals surface area contributed by atoms with E-state index in [1.54, 1.807) is 0 Å². The molecular formula is C10H19N5OS. The highest BCUT2D eigenvalue weighted by molar-refractivity contribution is 7.99. The Morgan fingerprint density at radius 3 is 2.65 bits per heavy atom. The van der Waals surface area contributed by atoms with Gasteiger partial charge in [-0.25, -0.2) is 0 Å². The second kappa shape index (κ2) is 7.29. The van der Waals surface area contributed by atoms with Gasteiger partial charge in [0.05, 0.1) is 0 Å². The van der Waals surface area contributed by atoms with Crippen LogP contribution < -0.4 is 10.2 Å². The fourth-order valence-corrected chi connectivity index (χ4v) is 1.83. The van der Waals surface area contributed by atoms with E-state index < -0.39 is 0 Å². The topological polar surface area (TPSA) is 74.2 Å². The zero-order chi connectivity index (χ0) is 12.7. The van der Waals surface area contributed by atoms with Crippen molar-refractivity contribution < 1.29 is 5.11 Å². The van der Waals surface area contributed by atoms with E-state index in [0.717, 1.165) is 18.7 Å². The fraction of sp³-hybridized carbons (Fsp3) is 0.700. The number of nitrogens with zero attached hydrogens (tertiary/aromatic N) is 4. The van der Waals surface area contributed by atoms with E-state index in [-0.39, 0.29) is 6.61 Å². The lowest BCUT2D eigenvalue weighted by Gasteiger charge is -2.12. The van der Waals surface area contributed by atoms with Crippen molar-refractivity contribution in [3.63, 3.8) is 0 Å². The lowest BCUT2D eigenvalue weighted by Crippen LogP contribution is -2.15. The van der Waals surface area contributed by atoms with E-state index in [1.165, 1.54) is 11.8 Å². The molecule has 17 heavy (non-hydrogen) atoms. The molecule has 0 aliphatic rings.